The smallest absolute Gasteiger partial charge is 0.0709 e. The first kappa shape index (κ1) is 14.0. The van der Waals surface area contributed by atoms with Gasteiger partial charge in [-0.25, -0.2) is 0 Å². The number of nitrogens with zero attached hydrogens (tertiary/aromatic N) is 2. The molecule has 1 aliphatic heterocycles. The molecule has 1 saturated heterocycles. The molecule has 102 valence electrons. The zero-order valence-electron chi connectivity index (χ0n) is 10.7. The number of hydrazine groups is 1. The predicted octanol–water partition coefficient (Wildman–Crippen LogP) is 1.99. The summed E-state index contributed by atoms with van der Waals surface area (Å²) in [6.07, 6.45) is 5.02. The van der Waals surface area contributed by atoms with Gasteiger partial charge in [0, 0.05) is 19.8 Å². The molecule has 2 unspecified atom stereocenters. The van der Waals surface area contributed by atoms with Gasteiger partial charge in [-0.05, 0) is 41.1 Å². The number of nitrogens with one attached hydrogen (secondary N) is 1. The molecule has 0 saturated carbocycles. The van der Waals surface area contributed by atoms with Crippen molar-refractivity contribution in [3.63, 3.8) is 0 Å². The Bertz CT molecular complexity index is 376. The molecule has 0 bridgehead atoms. The molecule has 1 aromatic rings. The maximum absolute atomic E-state index is 5.72. The third kappa shape index (κ3) is 3.12. The molecule has 0 radical (unpaired) electrons. The van der Waals surface area contributed by atoms with Crippen LogP contribution in [0.5, 0.6) is 0 Å². The van der Waals surface area contributed by atoms with Crippen LogP contribution in [-0.2, 0) is 11.3 Å². The molecule has 1 fully saturated rings. The Labute approximate surface area is 116 Å². The van der Waals surface area contributed by atoms with E-state index in [0.717, 1.165) is 49.2 Å². The van der Waals surface area contributed by atoms with Crippen molar-refractivity contribution >= 4 is 15.9 Å². The Kier molecular flexibility index (Phi) is 5.17. The minimum atomic E-state index is 0.125. The minimum Gasteiger partial charge on any atom is -0.381 e. The van der Waals surface area contributed by atoms with Crippen LogP contribution in [0.4, 0.5) is 0 Å². The number of aromatic nitrogens is 2. The van der Waals surface area contributed by atoms with Gasteiger partial charge in [0.2, 0.25) is 0 Å². The van der Waals surface area contributed by atoms with Crippen LogP contribution in [0.2, 0.25) is 0 Å². The molecular weight excluding hydrogens is 296 g/mol. The Hall–Kier alpha value is -0.430. The molecule has 0 amide bonds. The number of ether oxygens (including phenoxy) is 1. The van der Waals surface area contributed by atoms with Crippen molar-refractivity contribution in [1.29, 1.82) is 0 Å². The van der Waals surface area contributed by atoms with Crippen LogP contribution in [-0.4, -0.2) is 23.0 Å². The monoisotopic (exact) mass is 316 g/mol. The Morgan fingerprint density at radius 1 is 1.72 bits per heavy atom. The maximum atomic E-state index is 5.72. The predicted molar refractivity (Wildman–Crippen MR) is 73.8 cm³/mol. The Morgan fingerprint density at radius 2 is 2.56 bits per heavy atom. The van der Waals surface area contributed by atoms with Gasteiger partial charge in [0.05, 0.1) is 22.4 Å². The van der Waals surface area contributed by atoms with E-state index in [9.17, 15) is 0 Å². The highest BCUT2D eigenvalue weighted by Crippen LogP contribution is 2.30. The number of hydrogen-bond acceptors (Lipinski definition) is 4. The van der Waals surface area contributed by atoms with Crippen molar-refractivity contribution in [2.45, 2.75) is 38.8 Å². The van der Waals surface area contributed by atoms with E-state index in [-0.39, 0.29) is 6.04 Å². The number of halogens is 1. The second kappa shape index (κ2) is 6.65. The average Bonchev–Trinajstić information content (AvgIpc) is 2.98. The van der Waals surface area contributed by atoms with Gasteiger partial charge in [-0.2, -0.15) is 5.10 Å². The molecule has 2 heterocycles. The van der Waals surface area contributed by atoms with Crippen LogP contribution in [0.15, 0.2) is 10.7 Å². The molecule has 0 aliphatic carbocycles. The molecule has 2 rings (SSSR count). The second-order valence-corrected chi connectivity index (χ2v) is 5.64. The molecule has 5 nitrogen and oxygen atoms in total. The summed E-state index contributed by atoms with van der Waals surface area (Å²) >= 11 is 3.57. The van der Waals surface area contributed by atoms with Crippen LogP contribution in [0.3, 0.4) is 0 Å². The topological polar surface area (TPSA) is 65.1 Å². The van der Waals surface area contributed by atoms with E-state index >= 15 is 0 Å². The molecule has 0 spiro atoms. The molecule has 0 aromatic carbocycles. The quantitative estimate of drug-likeness (QED) is 0.622. The first-order valence-corrected chi connectivity index (χ1v) is 7.30. The van der Waals surface area contributed by atoms with Crippen LogP contribution < -0.4 is 11.3 Å². The molecule has 1 aromatic heterocycles. The van der Waals surface area contributed by atoms with Crippen molar-refractivity contribution in [3.05, 3.63) is 16.4 Å². The number of hydrogen-bond donors (Lipinski definition) is 2. The lowest BCUT2D eigenvalue weighted by atomic mass is 9.97. The highest BCUT2D eigenvalue weighted by molar-refractivity contribution is 9.10. The van der Waals surface area contributed by atoms with Crippen molar-refractivity contribution in [2.24, 2.45) is 11.8 Å². The highest BCUT2D eigenvalue weighted by Gasteiger charge is 2.25. The second-order valence-electron chi connectivity index (χ2n) is 4.79. The van der Waals surface area contributed by atoms with Crippen LogP contribution >= 0.6 is 15.9 Å². The van der Waals surface area contributed by atoms with Gasteiger partial charge in [-0.1, -0.05) is 6.92 Å². The van der Waals surface area contributed by atoms with E-state index in [1.165, 1.54) is 0 Å². The van der Waals surface area contributed by atoms with Crippen molar-refractivity contribution in [3.8, 4) is 0 Å². The maximum Gasteiger partial charge on any atom is 0.0709 e. The molecule has 18 heavy (non-hydrogen) atoms. The van der Waals surface area contributed by atoms with Gasteiger partial charge < -0.3 is 4.74 Å². The van der Waals surface area contributed by atoms with Gasteiger partial charge in [-0.15, -0.1) is 0 Å². The number of nitrogens with two attached hydrogens (primary N) is 1. The van der Waals surface area contributed by atoms with E-state index in [1.807, 2.05) is 10.9 Å². The minimum absolute atomic E-state index is 0.125. The number of aryl methyl sites for hydroxylation is 1. The van der Waals surface area contributed by atoms with E-state index in [0.29, 0.717) is 5.92 Å². The van der Waals surface area contributed by atoms with E-state index in [1.54, 1.807) is 0 Å². The third-order valence-electron chi connectivity index (χ3n) is 3.39. The lowest BCUT2D eigenvalue weighted by Gasteiger charge is -2.21. The Balaban J connectivity index is 2.12. The van der Waals surface area contributed by atoms with Gasteiger partial charge in [0.15, 0.2) is 0 Å². The van der Waals surface area contributed by atoms with Gasteiger partial charge in [0.1, 0.15) is 0 Å². The SMILES string of the molecule is CCCn1ncc(Br)c1C(CC1CCOC1)NN. The highest BCUT2D eigenvalue weighted by atomic mass is 79.9. The molecule has 6 heteroatoms. The van der Waals surface area contributed by atoms with Crippen LogP contribution in [0.25, 0.3) is 0 Å². The van der Waals surface area contributed by atoms with E-state index in [4.69, 9.17) is 10.6 Å². The zero-order chi connectivity index (χ0) is 13.0. The van der Waals surface area contributed by atoms with Crippen molar-refractivity contribution in [1.82, 2.24) is 15.2 Å². The first-order chi connectivity index (χ1) is 8.76. The summed E-state index contributed by atoms with van der Waals surface area (Å²) in [6, 6.07) is 0.125. The summed E-state index contributed by atoms with van der Waals surface area (Å²) < 4.78 is 8.48. The summed E-state index contributed by atoms with van der Waals surface area (Å²) in [5.74, 6) is 6.31. The molecule has 1 aliphatic rings. The first-order valence-electron chi connectivity index (χ1n) is 6.51. The fourth-order valence-electron chi connectivity index (χ4n) is 2.47. The van der Waals surface area contributed by atoms with Crippen LogP contribution in [0.1, 0.15) is 37.9 Å². The van der Waals surface area contributed by atoms with Gasteiger partial charge in [-0.3, -0.25) is 16.0 Å². The van der Waals surface area contributed by atoms with Crippen LogP contribution in [0, 0.1) is 5.92 Å². The summed E-state index contributed by atoms with van der Waals surface area (Å²) in [5, 5.41) is 4.39. The molecule has 2 atom stereocenters. The van der Waals surface area contributed by atoms with E-state index in [2.05, 4.69) is 33.4 Å². The summed E-state index contributed by atoms with van der Waals surface area (Å²) in [4.78, 5) is 0. The fraction of sp³-hybridized carbons (Fsp3) is 0.750. The molecule has 3 N–H and O–H groups in total. The summed E-state index contributed by atoms with van der Waals surface area (Å²) in [5.41, 5.74) is 4.07. The normalized spacial score (nSPS) is 21.4. The van der Waals surface area contributed by atoms with Gasteiger partial charge >= 0.3 is 0 Å². The van der Waals surface area contributed by atoms with Crippen molar-refractivity contribution < 1.29 is 4.74 Å². The summed E-state index contributed by atoms with van der Waals surface area (Å²) in [6.45, 7) is 4.78. The molecular formula is C12H21BrN4O. The Morgan fingerprint density at radius 3 is 3.17 bits per heavy atom. The van der Waals surface area contributed by atoms with Gasteiger partial charge in [0.25, 0.3) is 0 Å². The fourth-order valence-corrected chi connectivity index (χ4v) is 3.04. The summed E-state index contributed by atoms with van der Waals surface area (Å²) in [7, 11) is 0. The zero-order valence-corrected chi connectivity index (χ0v) is 12.3. The standard InChI is InChI=1S/C12H21BrN4O/c1-2-4-17-12(10(13)7-15-17)11(16-14)6-9-3-5-18-8-9/h7,9,11,16H,2-6,8,14H2,1H3. The lowest BCUT2D eigenvalue weighted by molar-refractivity contribution is 0.181. The largest absolute Gasteiger partial charge is 0.381 e. The van der Waals surface area contributed by atoms with Crippen molar-refractivity contribution in [2.75, 3.05) is 13.2 Å². The lowest BCUT2D eigenvalue weighted by Crippen LogP contribution is -2.32. The third-order valence-corrected chi connectivity index (χ3v) is 4.00. The van der Waals surface area contributed by atoms with E-state index < -0.39 is 0 Å². The average molecular weight is 317 g/mol. The number of rotatable bonds is 6.